The summed E-state index contributed by atoms with van der Waals surface area (Å²) >= 11 is 0. The van der Waals surface area contributed by atoms with Crippen LogP contribution in [0.4, 0.5) is 0 Å². The SMILES string of the molecule is CC1(O)CCCN(C(=O)C2C3CC4CC(C3)CC2C4)C1. The summed E-state index contributed by atoms with van der Waals surface area (Å²) in [5.41, 5.74) is -0.667. The number of carbonyl (C=O) groups is 1. The van der Waals surface area contributed by atoms with Crippen LogP contribution in [0.5, 0.6) is 0 Å². The molecule has 1 atom stereocenters. The highest BCUT2D eigenvalue weighted by Crippen LogP contribution is 2.57. The third kappa shape index (κ3) is 2.09. The molecule has 5 fully saturated rings. The van der Waals surface area contributed by atoms with Gasteiger partial charge in [-0.05, 0) is 75.5 Å². The van der Waals surface area contributed by atoms with Crippen LogP contribution in [0, 0.1) is 29.6 Å². The van der Waals surface area contributed by atoms with E-state index in [1.54, 1.807) is 0 Å². The van der Waals surface area contributed by atoms with E-state index in [1.165, 1.54) is 32.1 Å². The van der Waals surface area contributed by atoms with Crippen LogP contribution in [-0.2, 0) is 4.79 Å². The molecule has 3 heteroatoms. The summed E-state index contributed by atoms with van der Waals surface area (Å²) in [6.07, 6.45) is 8.42. The minimum Gasteiger partial charge on any atom is -0.388 e. The summed E-state index contributed by atoms with van der Waals surface area (Å²) in [6, 6.07) is 0. The lowest BCUT2D eigenvalue weighted by molar-refractivity contribution is -0.155. The second-order valence-electron chi connectivity index (χ2n) is 8.32. The molecule has 1 N–H and O–H groups in total. The topological polar surface area (TPSA) is 40.5 Å². The maximum atomic E-state index is 13.0. The largest absolute Gasteiger partial charge is 0.388 e. The summed E-state index contributed by atoms with van der Waals surface area (Å²) in [5, 5.41) is 10.3. The van der Waals surface area contributed by atoms with Crippen molar-refractivity contribution >= 4 is 5.91 Å². The van der Waals surface area contributed by atoms with Gasteiger partial charge in [0.1, 0.15) is 0 Å². The molecule has 1 heterocycles. The molecule has 1 saturated heterocycles. The van der Waals surface area contributed by atoms with Crippen molar-refractivity contribution in [1.29, 1.82) is 0 Å². The number of hydrogen-bond acceptors (Lipinski definition) is 2. The summed E-state index contributed by atoms with van der Waals surface area (Å²) in [6.45, 7) is 3.29. The highest BCUT2D eigenvalue weighted by molar-refractivity contribution is 5.80. The molecule has 0 radical (unpaired) electrons. The number of carbonyl (C=O) groups excluding carboxylic acids is 1. The van der Waals surface area contributed by atoms with Gasteiger partial charge in [0, 0.05) is 19.0 Å². The zero-order valence-electron chi connectivity index (χ0n) is 12.6. The number of nitrogens with zero attached hydrogens (tertiary/aromatic N) is 1. The Labute approximate surface area is 121 Å². The first-order valence-corrected chi connectivity index (χ1v) is 8.53. The molecule has 1 amide bonds. The average Bonchev–Trinajstić information content (AvgIpc) is 2.36. The van der Waals surface area contributed by atoms with Gasteiger partial charge in [-0.3, -0.25) is 4.79 Å². The van der Waals surface area contributed by atoms with E-state index in [0.29, 0.717) is 24.3 Å². The van der Waals surface area contributed by atoms with Crippen LogP contribution < -0.4 is 0 Å². The molecule has 5 aliphatic rings. The van der Waals surface area contributed by atoms with E-state index in [1.807, 2.05) is 11.8 Å². The van der Waals surface area contributed by atoms with E-state index in [4.69, 9.17) is 0 Å². The number of hydrogen-bond donors (Lipinski definition) is 1. The fourth-order valence-electron chi connectivity index (χ4n) is 5.95. The predicted molar refractivity (Wildman–Crippen MR) is 77.0 cm³/mol. The first-order valence-electron chi connectivity index (χ1n) is 8.53. The molecule has 5 rings (SSSR count). The summed E-state index contributed by atoms with van der Waals surface area (Å²) in [5.74, 6) is 3.82. The molecule has 20 heavy (non-hydrogen) atoms. The minimum absolute atomic E-state index is 0.289. The first kappa shape index (κ1) is 13.1. The van der Waals surface area contributed by atoms with Crippen molar-refractivity contribution < 1.29 is 9.90 Å². The maximum absolute atomic E-state index is 13.0. The lowest BCUT2D eigenvalue weighted by atomic mass is 9.51. The Bertz CT molecular complexity index is 389. The van der Waals surface area contributed by atoms with Gasteiger partial charge in [0.25, 0.3) is 0 Å². The molecule has 1 aliphatic heterocycles. The molecular weight excluding hydrogens is 250 g/mol. The van der Waals surface area contributed by atoms with Crippen LogP contribution >= 0.6 is 0 Å². The highest BCUT2D eigenvalue weighted by atomic mass is 16.3. The quantitative estimate of drug-likeness (QED) is 0.799. The lowest BCUT2D eigenvalue weighted by Crippen LogP contribution is -2.56. The van der Waals surface area contributed by atoms with Crippen LogP contribution in [-0.4, -0.2) is 34.6 Å². The minimum atomic E-state index is -0.667. The molecule has 0 spiro atoms. The van der Waals surface area contributed by atoms with Crippen LogP contribution in [0.25, 0.3) is 0 Å². The third-order valence-corrected chi connectivity index (χ3v) is 6.50. The van der Waals surface area contributed by atoms with Crippen molar-refractivity contribution in [3.05, 3.63) is 0 Å². The summed E-state index contributed by atoms with van der Waals surface area (Å²) in [7, 11) is 0. The second kappa shape index (κ2) is 4.46. The van der Waals surface area contributed by atoms with E-state index in [0.717, 1.165) is 31.2 Å². The molecule has 112 valence electrons. The van der Waals surface area contributed by atoms with Gasteiger partial charge in [-0.25, -0.2) is 0 Å². The number of β-amino-alcohol motifs (C(OH)–C–C–N with tert-alkyl or cyclic N) is 1. The Hall–Kier alpha value is -0.570. The zero-order valence-corrected chi connectivity index (χ0v) is 12.6. The maximum Gasteiger partial charge on any atom is 0.226 e. The fourth-order valence-corrected chi connectivity index (χ4v) is 5.95. The second-order valence-corrected chi connectivity index (χ2v) is 8.32. The van der Waals surface area contributed by atoms with Crippen molar-refractivity contribution in [3.63, 3.8) is 0 Å². The van der Waals surface area contributed by atoms with E-state index >= 15 is 0 Å². The van der Waals surface area contributed by atoms with Crippen LogP contribution in [0.15, 0.2) is 0 Å². The van der Waals surface area contributed by atoms with Crippen LogP contribution in [0.1, 0.15) is 51.9 Å². The van der Waals surface area contributed by atoms with E-state index in [-0.39, 0.29) is 5.92 Å². The number of amides is 1. The fraction of sp³-hybridized carbons (Fsp3) is 0.941. The Morgan fingerprint density at radius 2 is 1.70 bits per heavy atom. The van der Waals surface area contributed by atoms with Gasteiger partial charge < -0.3 is 10.0 Å². The molecule has 4 bridgehead atoms. The summed E-state index contributed by atoms with van der Waals surface area (Å²) in [4.78, 5) is 15.0. The van der Waals surface area contributed by atoms with Gasteiger partial charge in [0.2, 0.25) is 5.91 Å². The molecule has 4 saturated carbocycles. The summed E-state index contributed by atoms with van der Waals surface area (Å²) < 4.78 is 0. The van der Waals surface area contributed by atoms with E-state index in [2.05, 4.69) is 0 Å². The normalized spacial score (nSPS) is 50.5. The zero-order chi connectivity index (χ0) is 13.9. The van der Waals surface area contributed by atoms with E-state index < -0.39 is 5.60 Å². The van der Waals surface area contributed by atoms with Gasteiger partial charge in [-0.1, -0.05) is 0 Å². The predicted octanol–water partition coefficient (Wildman–Crippen LogP) is 2.43. The number of rotatable bonds is 1. The van der Waals surface area contributed by atoms with Gasteiger partial charge >= 0.3 is 0 Å². The number of likely N-dealkylation sites (tertiary alicyclic amines) is 1. The monoisotopic (exact) mass is 277 g/mol. The molecule has 0 aromatic heterocycles. The molecule has 0 aromatic carbocycles. The Morgan fingerprint density at radius 3 is 2.25 bits per heavy atom. The molecule has 0 aromatic rings. The first-order chi connectivity index (χ1) is 9.52. The van der Waals surface area contributed by atoms with Gasteiger partial charge in [0.05, 0.1) is 5.60 Å². The van der Waals surface area contributed by atoms with E-state index in [9.17, 15) is 9.90 Å². The molecule has 4 aliphatic carbocycles. The van der Waals surface area contributed by atoms with Crippen molar-refractivity contribution in [2.45, 2.75) is 57.5 Å². The van der Waals surface area contributed by atoms with Crippen LogP contribution in [0.3, 0.4) is 0 Å². The molecule has 1 unspecified atom stereocenters. The van der Waals surface area contributed by atoms with Gasteiger partial charge in [-0.2, -0.15) is 0 Å². The van der Waals surface area contributed by atoms with Gasteiger partial charge in [-0.15, -0.1) is 0 Å². The highest BCUT2D eigenvalue weighted by Gasteiger charge is 2.52. The number of piperidine rings is 1. The van der Waals surface area contributed by atoms with Crippen molar-refractivity contribution in [2.24, 2.45) is 29.6 Å². The Balaban J connectivity index is 1.51. The standard InChI is InChI=1S/C17H27NO2/c1-17(20)3-2-4-18(10-17)16(19)15-13-6-11-5-12(8-13)9-14(15)7-11/h11-15,20H,2-10H2,1H3. The van der Waals surface area contributed by atoms with Crippen molar-refractivity contribution in [1.82, 2.24) is 4.90 Å². The number of aliphatic hydroxyl groups is 1. The smallest absolute Gasteiger partial charge is 0.226 e. The van der Waals surface area contributed by atoms with Crippen molar-refractivity contribution in [2.75, 3.05) is 13.1 Å². The third-order valence-electron chi connectivity index (χ3n) is 6.50. The van der Waals surface area contributed by atoms with Gasteiger partial charge in [0.15, 0.2) is 0 Å². The molecular formula is C17H27NO2. The van der Waals surface area contributed by atoms with Crippen molar-refractivity contribution in [3.8, 4) is 0 Å². The Morgan fingerprint density at radius 1 is 1.10 bits per heavy atom. The lowest BCUT2D eigenvalue weighted by Gasteiger charge is -2.54. The van der Waals surface area contributed by atoms with Crippen LogP contribution in [0.2, 0.25) is 0 Å². The average molecular weight is 277 g/mol. The Kier molecular flexibility index (Phi) is 2.93. The molecule has 3 nitrogen and oxygen atoms in total.